The van der Waals surface area contributed by atoms with Crippen LogP contribution in [0.3, 0.4) is 0 Å². The lowest BCUT2D eigenvalue weighted by molar-refractivity contribution is 0.219. The van der Waals surface area contributed by atoms with E-state index in [1.54, 1.807) is 6.20 Å². The molecule has 0 aliphatic carbocycles. The van der Waals surface area contributed by atoms with E-state index in [0.29, 0.717) is 6.04 Å². The normalized spacial score (nSPS) is 17.0. The Morgan fingerprint density at radius 3 is 2.57 bits per heavy atom. The zero-order valence-corrected chi connectivity index (χ0v) is 12.7. The number of hydrogen-bond acceptors (Lipinski definition) is 3. The lowest BCUT2D eigenvalue weighted by Crippen LogP contribution is -2.39. The summed E-state index contributed by atoms with van der Waals surface area (Å²) in [5, 5.41) is 7.91. The Labute approximate surface area is 126 Å². The van der Waals surface area contributed by atoms with Gasteiger partial charge in [0.1, 0.15) is 0 Å². The maximum atomic E-state index is 4.25. The average Bonchev–Trinajstić information content (AvgIpc) is 3.05. The van der Waals surface area contributed by atoms with Gasteiger partial charge in [0, 0.05) is 37.2 Å². The van der Waals surface area contributed by atoms with Gasteiger partial charge >= 0.3 is 0 Å². The van der Waals surface area contributed by atoms with Crippen LogP contribution in [0.4, 0.5) is 5.69 Å². The fourth-order valence-corrected chi connectivity index (χ4v) is 2.98. The van der Waals surface area contributed by atoms with E-state index >= 15 is 0 Å². The highest BCUT2D eigenvalue weighted by Crippen LogP contribution is 2.18. The van der Waals surface area contributed by atoms with Gasteiger partial charge in [0.15, 0.2) is 0 Å². The van der Waals surface area contributed by atoms with Crippen molar-refractivity contribution >= 4 is 5.69 Å². The molecule has 1 N–H and O–H groups in total. The minimum Gasteiger partial charge on any atom is -0.382 e. The van der Waals surface area contributed by atoms with Gasteiger partial charge in [0.25, 0.3) is 0 Å². The first-order valence-electron chi connectivity index (χ1n) is 7.94. The summed E-state index contributed by atoms with van der Waals surface area (Å²) in [5.74, 6) is 0. The minimum absolute atomic E-state index is 0.605. The van der Waals surface area contributed by atoms with Crippen molar-refractivity contribution < 1.29 is 0 Å². The van der Waals surface area contributed by atoms with Gasteiger partial charge in [-0.1, -0.05) is 6.92 Å². The summed E-state index contributed by atoms with van der Waals surface area (Å²) in [6, 6.07) is 11.1. The van der Waals surface area contributed by atoms with Gasteiger partial charge in [0.2, 0.25) is 0 Å². The third-order valence-electron chi connectivity index (χ3n) is 4.13. The molecule has 112 valence electrons. The molecule has 4 nitrogen and oxygen atoms in total. The van der Waals surface area contributed by atoms with Gasteiger partial charge in [0.05, 0.1) is 5.69 Å². The number of likely N-dealkylation sites (tertiary alicyclic amines) is 1. The smallest absolute Gasteiger partial charge is 0.0647 e. The molecule has 1 aromatic heterocycles. The molecule has 0 saturated carbocycles. The topological polar surface area (TPSA) is 33.1 Å². The maximum Gasteiger partial charge on any atom is 0.0647 e. The Morgan fingerprint density at radius 2 is 1.95 bits per heavy atom. The monoisotopic (exact) mass is 284 g/mol. The van der Waals surface area contributed by atoms with Gasteiger partial charge < -0.3 is 10.2 Å². The van der Waals surface area contributed by atoms with Crippen molar-refractivity contribution in [2.45, 2.75) is 32.2 Å². The molecule has 0 spiro atoms. The molecule has 1 aliphatic heterocycles. The van der Waals surface area contributed by atoms with Gasteiger partial charge in [-0.2, -0.15) is 5.10 Å². The molecule has 0 atom stereocenters. The van der Waals surface area contributed by atoms with Crippen LogP contribution in [0.15, 0.2) is 42.7 Å². The highest BCUT2D eigenvalue weighted by Gasteiger charge is 2.18. The summed E-state index contributed by atoms with van der Waals surface area (Å²) in [4.78, 5) is 2.57. The van der Waals surface area contributed by atoms with E-state index in [1.807, 2.05) is 16.9 Å². The summed E-state index contributed by atoms with van der Waals surface area (Å²) in [7, 11) is 0. The largest absolute Gasteiger partial charge is 0.382 e. The molecule has 1 aromatic carbocycles. The van der Waals surface area contributed by atoms with E-state index in [1.165, 1.54) is 44.6 Å². The Morgan fingerprint density at radius 1 is 1.19 bits per heavy atom. The van der Waals surface area contributed by atoms with E-state index < -0.39 is 0 Å². The maximum absolute atomic E-state index is 4.25. The van der Waals surface area contributed by atoms with Crippen LogP contribution in [0.2, 0.25) is 0 Å². The van der Waals surface area contributed by atoms with Crippen molar-refractivity contribution in [2.75, 3.05) is 25.0 Å². The van der Waals surface area contributed by atoms with Crippen molar-refractivity contribution in [2.24, 2.45) is 0 Å². The lowest BCUT2D eigenvalue weighted by Gasteiger charge is -2.32. The van der Waals surface area contributed by atoms with Gasteiger partial charge in [-0.05, 0) is 56.1 Å². The second kappa shape index (κ2) is 6.76. The summed E-state index contributed by atoms with van der Waals surface area (Å²) in [6.45, 7) is 5.94. The molecule has 2 heterocycles. The molecule has 0 amide bonds. The number of nitrogens with one attached hydrogen (secondary N) is 1. The molecule has 0 bridgehead atoms. The van der Waals surface area contributed by atoms with Crippen molar-refractivity contribution in [3.8, 4) is 5.69 Å². The third kappa shape index (κ3) is 3.64. The Hall–Kier alpha value is -1.81. The minimum atomic E-state index is 0.605. The summed E-state index contributed by atoms with van der Waals surface area (Å²) in [6.07, 6.45) is 7.50. The first-order chi connectivity index (χ1) is 10.3. The molecule has 2 aromatic rings. The number of piperidine rings is 1. The third-order valence-corrected chi connectivity index (χ3v) is 4.13. The SMILES string of the molecule is CCCN1CCC(Nc2ccc(-n3cccn3)cc2)CC1. The number of benzene rings is 1. The number of nitrogens with zero attached hydrogens (tertiary/aromatic N) is 3. The van der Waals surface area contributed by atoms with Crippen molar-refractivity contribution in [3.05, 3.63) is 42.7 Å². The number of hydrogen-bond donors (Lipinski definition) is 1. The van der Waals surface area contributed by atoms with E-state index in [0.717, 1.165) is 5.69 Å². The van der Waals surface area contributed by atoms with Crippen LogP contribution >= 0.6 is 0 Å². The highest BCUT2D eigenvalue weighted by atomic mass is 15.3. The Balaban J connectivity index is 1.54. The zero-order chi connectivity index (χ0) is 14.5. The number of anilines is 1. The molecule has 21 heavy (non-hydrogen) atoms. The van der Waals surface area contributed by atoms with Gasteiger partial charge in [-0.15, -0.1) is 0 Å². The van der Waals surface area contributed by atoms with Gasteiger partial charge in [-0.25, -0.2) is 4.68 Å². The van der Waals surface area contributed by atoms with E-state index in [9.17, 15) is 0 Å². The van der Waals surface area contributed by atoms with E-state index in [4.69, 9.17) is 0 Å². The fraction of sp³-hybridized carbons (Fsp3) is 0.471. The molecule has 3 rings (SSSR count). The second-order valence-corrected chi connectivity index (χ2v) is 5.76. The molecule has 0 radical (unpaired) electrons. The molecule has 4 heteroatoms. The Bertz CT molecular complexity index is 524. The second-order valence-electron chi connectivity index (χ2n) is 5.76. The van der Waals surface area contributed by atoms with E-state index in [-0.39, 0.29) is 0 Å². The molecular weight excluding hydrogens is 260 g/mol. The summed E-state index contributed by atoms with van der Waals surface area (Å²) in [5.41, 5.74) is 2.31. The van der Waals surface area contributed by atoms with Crippen LogP contribution < -0.4 is 5.32 Å². The van der Waals surface area contributed by atoms with Gasteiger partial charge in [-0.3, -0.25) is 0 Å². The number of aromatic nitrogens is 2. The van der Waals surface area contributed by atoms with Crippen molar-refractivity contribution in [1.82, 2.24) is 14.7 Å². The standard InChI is InChI=1S/C17H24N4/c1-2-11-20-13-8-16(9-14-20)19-15-4-6-17(7-5-15)21-12-3-10-18-21/h3-7,10,12,16,19H,2,8-9,11,13-14H2,1H3. The van der Waals surface area contributed by atoms with Crippen molar-refractivity contribution in [3.63, 3.8) is 0 Å². The van der Waals surface area contributed by atoms with Crippen LogP contribution in [0.5, 0.6) is 0 Å². The fourth-order valence-electron chi connectivity index (χ4n) is 2.98. The quantitative estimate of drug-likeness (QED) is 0.915. The van der Waals surface area contributed by atoms with E-state index in [2.05, 4.69) is 46.5 Å². The summed E-state index contributed by atoms with van der Waals surface area (Å²) >= 11 is 0. The molecule has 1 aliphatic rings. The van der Waals surface area contributed by atoms with Crippen LogP contribution in [-0.2, 0) is 0 Å². The van der Waals surface area contributed by atoms with Crippen molar-refractivity contribution in [1.29, 1.82) is 0 Å². The summed E-state index contributed by atoms with van der Waals surface area (Å²) < 4.78 is 1.88. The lowest BCUT2D eigenvalue weighted by atomic mass is 10.0. The zero-order valence-electron chi connectivity index (χ0n) is 12.7. The Kier molecular flexibility index (Phi) is 4.55. The van der Waals surface area contributed by atoms with Crippen LogP contribution in [-0.4, -0.2) is 40.4 Å². The molecule has 1 saturated heterocycles. The first-order valence-corrected chi connectivity index (χ1v) is 7.94. The number of rotatable bonds is 5. The van der Waals surface area contributed by atoms with Crippen LogP contribution in [0.1, 0.15) is 26.2 Å². The average molecular weight is 284 g/mol. The molecule has 0 unspecified atom stereocenters. The predicted octanol–water partition coefficient (Wildman–Crippen LogP) is 3.16. The van der Waals surface area contributed by atoms with Crippen LogP contribution in [0.25, 0.3) is 5.69 Å². The first kappa shape index (κ1) is 14.1. The van der Waals surface area contributed by atoms with Crippen LogP contribution in [0, 0.1) is 0 Å². The predicted molar refractivity (Wildman–Crippen MR) is 86.9 cm³/mol. The molecule has 1 fully saturated rings. The highest BCUT2D eigenvalue weighted by molar-refractivity contribution is 5.49. The molecular formula is C17H24N4.